The molecular formula is C19H17N5O6. The van der Waals surface area contributed by atoms with Gasteiger partial charge >= 0.3 is 5.97 Å². The van der Waals surface area contributed by atoms with Crippen molar-refractivity contribution in [1.29, 1.82) is 0 Å². The summed E-state index contributed by atoms with van der Waals surface area (Å²) in [5, 5.41) is 13.0. The molecular weight excluding hydrogens is 394 g/mol. The fraction of sp³-hybridized carbons (Fsp3) is 0.316. The van der Waals surface area contributed by atoms with E-state index < -0.39 is 12.0 Å². The lowest BCUT2D eigenvalue weighted by Crippen LogP contribution is -2.39. The second kappa shape index (κ2) is 7.17. The van der Waals surface area contributed by atoms with Crippen LogP contribution in [0.5, 0.6) is 11.5 Å². The van der Waals surface area contributed by atoms with Crippen molar-refractivity contribution in [3.63, 3.8) is 0 Å². The van der Waals surface area contributed by atoms with E-state index in [0.29, 0.717) is 29.3 Å². The van der Waals surface area contributed by atoms with Gasteiger partial charge in [-0.1, -0.05) is 5.16 Å². The number of carboxylic acid groups (broad SMARTS) is 1. The highest BCUT2D eigenvalue weighted by Crippen LogP contribution is 2.36. The number of hydrogen-bond acceptors (Lipinski definition) is 8. The molecule has 2 aliphatic rings. The predicted octanol–water partition coefficient (Wildman–Crippen LogP) is 1.68. The zero-order valence-electron chi connectivity index (χ0n) is 15.7. The van der Waals surface area contributed by atoms with Crippen LogP contribution < -0.4 is 9.47 Å². The summed E-state index contributed by atoms with van der Waals surface area (Å²) in [4.78, 5) is 37.0. The number of H-pyrrole nitrogens is 1. The minimum absolute atomic E-state index is 0.113. The van der Waals surface area contributed by atoms with Gasteiger partial charge in [0.05, 0.1) is 30.7 Å². The first-order chi connectivity index (χ1) is 14.6. The first-order valence-corrected chi connectivity index (χ1v) is 9.34. The van der Waals surface area contributed by atoms with Gasteiger partial charge in [0.25, 0.3) is 0 Å². The molecule has 1 aromatic carbocycles. The van der Waals surface area contributed by atoms with Crippen LogP contribution in [-0.2, 0) is 22.6 Å². The van der Waals surface area contributed by atoms with E-state index in [1.165, 1.54) is 0 Å². The standard InChI is InChI=1S/C19H17N5O6/c25-16(3-4-17(26)27)24-7-12-11(20-8-21-12)6-13(24)19-22-18(23-30-19)10-1-2-14-15(5-10)29-9-28-14/h1-2,5,8,13H,3-4,6-7,9H2,(H,20,21)(H,26,27)/t13-/m0/s1. The zero-order chi connectivity index (χ0) is 20.7. The molecule has 4 heterocycles. The highest BCUT2D eigenvalue weighted by Gasteiger charge is 2.36. The SMILES string of the molecule is O=C(O)CCC(=O)N1Cc2[nH]cnc2C[C@H]1c1nc(-c2ccc3c(c2)OCO3)no1. The Morgan fingerprint density at radius 2 is 2.10 bits per heavy atom. The highest BCUT2D eigenvalue weighted by molar-refractivity contribution is 5.81. The number of carbonyl (C=O) groups excluding carboxylic acids is 1. The van der Waals surface area contributed by atoms with E-state index in [1.54, 1.807) is 29.4 Å². The minimum atomic E-state index is -1.03. The average Bonchev–Trinajstić information content (AvgIpc) is 3.50. The smallest absolute Gasteiger partial charge is 0.303 e. The monoisotopic (exact) mass is 411 g/mol. The van der Waals surface area contributed by atoms with Crippen LogP contribution >= 0.6 is 0 Å². The van der Waals surface area contributed by atoms with E-state index in [-0.39, 0.29) is 38.0 Å². The quantitative estimate of drug-likeness (QED) is 0.640. The molecule has 0 radical (unpaired) electrons. The van der Waals surface area contributed by atoms with Crippen LogP contribution in [-0.4, -0.2) is 48.8 Å². The molecule has 0 saturated carbocycles. The van der Waals surface area contributed by atoms with E-state index in [0.717, 1.165) is 11.4 Å². The van der Waals surface area contributed by atoms with Crippen LogP contribution in [0.1, 0.15) is 36.2 Å². The minimum Gasteiger partial charge on any atom is -0.481 e. The number of carbonyl (C=O) groups is 2. The van der Waals surface area contributed by atoms with Crippen molar-refractivity contribution in [2.75, 3.05) is 6.79 Å². The summed E-state index contributed by atoms with van der Waals surface area (Å²) >= 11 is 0. The van der Waals surface area contributed by atoms with Crippen LogP contribution in [0.2, 0.25) is 0 Å². The lowest BCUT2D eigenvalue weighted by atomic mass is 10.0. The molecule has 0 fully saturated rings. The number of nitrogens with one attached hydrogen (secondary N) is 1. The van der Waals surface area contributed by atoms with Crippen LogP contribution in [0.3, 0.4) is 0 Å². The molecule has 30 heavy (non-hydrogen) atoms. The molecule has 0 aliphatic carbocycles. The topological polar surface area (TPSA) is 144 Å². The number of amides is 1. The Labute approximate surface area is 169 Å². The van der Waals surface area contributed by atoms with Gasteiger partial charge in [-0.2, -0.15) is 4.98 Å². The van der Waals surface area contributed by atoms with Gasteiger partial charge in [-0.05, 0) is 18.2 Å². The third-order valence-electron chi connectivity index (χ3n) is 5.13. The third-order valence-corrected chi connectivity index (χ3v) is 5.13. The number of nitrogens with zero attached hydrogens (tertiary/aromatic N) is 4. The number of fused-ring (bicyclic) bond motifs is 2. The molecule has 0 spiro atoms. The van der Waals surface area contributed by atoms with Crippen molar-refractivity contribution in [2.45, 2.75) is 31.8 Å². The molecule has 0 saturated heterocycles. The summed E-state index contributed by atoms with van der Waals surface area (Å²) in [6, 6.07) is 4.80. The van der Waals surface area contributed by atoms with Crippen LogP contribution in [0.4, 0.5) is 0 Å². The van der Waals surface area contributed by atoms with Gasteiger partial charge in [0.15, 0.2) is 11.5 Å². The molecule has 2 aliphatic heterocycles. The normalized spacial score (nSPS) is 17.1. The average molecular weight is 411 g/mol. The Morgan fingerprint density at radius 3 is 2.97 bits per heavy atom. The Kier molecular flexibility index (Phi) is 4.34. The molecule has 0 bridgehead atoms. The largest absolute Gasteiger partial charge is 0.481 e. The number of ether oxygens (including phenoxy) is 2. The predicted molar refractivity (Wildman–Crippen MR) is 98.3 cm³/mol. The Bertz CT molecular complexity index is 1120. The maximum atomic E-state index is 12.7. The number of hydrogen-bond donors (Lipinski definition) is 2. The Morgan fingerprint density at radius 1 is 1.23 bits per heavy atom. The second-order valence-electron chi connectivity index (χ2n) is 6.99. The summed E-state index contributed by atoms with van der Waals surface area (Å²) < 4.78 is 16.2. The maximum absolute atomic E-state index is 12.7. The zero-order valence-corrected chi connectivity index (χ0v) is 15.7. The molecule has 154 valence electrons. The van der Waals surface area contributed by atoms with Crippen LogP contribution in [0, 0.1) is 0 Å². The molecule has 0 unspecified atom stereocenters. The summed E-state index contributed by atoms with van der Waals surface area (Å²) in [6.07, 6.45) is 1.60. The highest BCUT2D eigenvalue weighted by atomic mass is 16.7. The summed E-state index contributed by atoms with van der Waals surface area (Å²) in [6.45, 7) is 0.429. The number of rotatable bonds is 5. The molecule has 5 rings (SSSR count). The summed E-state index contributed by atoms with van der Waals surface area (Å²) in [5.74, 6) is 0.542. The van der Waals surface area contributed by atoms with Crippen LogP contribution in [0.15, 0.2) is 29.0 Å². The molecule has 11 nitrogen and oxygen atoms in total. The number of imidazole rings is 1. The fourth-order valence-electron chi connectivity index (χ4n) is 3.60. The van der Waals surface area contributed by atoms with E-state index >= 15 is 0 Å². The molecule has 2 N–H and O–H groups in total. The van der Waals surface area contributed by atoms with Crippen molar-refractivity contribution >= 4 is 11.9 Å². The lowest BCUT2D eigenvalue weighted by molar-refractivity contribution is -0.142. The van der Waals surface area contributed by atoms with Gasteiger partial charge in [-0.25, -0.2) is 4.98 Å². The van der Waals surface area contributed by atoms with E-state index in [4.69, 9.17) is 19.1 Å². The van der Waals surface area contributed by atoms with Gasteiger partial charge in [-0.3, -0.25) is 9.59 Å². The molecule has 1 atom stereocenters. The number of carboxylic acids is 1. The third kappa shape index (κ3) is 3.23. The van der Waals surface area contributed by atoms with E-state index in [2.05, 4.69) is 20.1 Å². The van der Waals surface area contributed by atoms with Crippen molar-refractivity contribution in [3.8, 4) is 22.9 Å². The first-order valence-electron chi connectivity index (χ1n) is 9.34. The number of benzene rings is 1. The van der Waals surface area contributed by atoms with Crippen molar-refractivity contribution < 1.29 is 28.7 Å². The van der Waals surface area contributed by atoms with Gasteiger partial charge in [0.1, 0.15) is 6.04 Å². The van der Waals surface area contributed by atoms with Crippen LogP contribution in [0.25, 0.3) is 11.4 Å². The van der Waals surface area contributed by atoms with Crippen molar-refractivity contribution in [2.24, 2.45) is 0 Å². The maximum Gasteiger partial charge on any atom is 0.303 e. The van der Waals surface area contributed by atoms with E-state index in [9.17, 15) is 9.59 Å². The lowest BCUT2D eigenvalue weighted by Gasteiger charge is -2.32. The van der Waals surface area contributed by atoms with Gasteiger partial charge in [0, 0.05) is 18.4 Å². The fourth-order valence-corrected chi connectivity index (χ4v) is 3.60. The summed E-state index contributed by atoms with van der Waals surface area (Å²) in [7, 11) is 0. The van der Waals surface area contributed by atoms with Gasteiger partial charge in [-0.15, -0.1) is 0 Å². The first kappa shape index (κ1) is 18.2. The second-order valence-corrected chi connectivity index (χ2v) is 6.99. The number of aliphatic carboxylic acids is 1. The molecule has 2 aromatic heterocycles. The Balaban J connectivity index is 1.43. The van der Waals surface area contributed by atoms with Gasteiger partial charge in [0.2, 0.25) is 24.4 Å². The number of aromatic amines is 1. The molecule has 11 heteroatoms. The summed E-state index contributed by atoms with van der Waals surface area (Å²) in [5.41, 5.74) is 2.31. The van der Waals surface area contributed by atoms with E-state index in [1.807, 2.05) is 0 Å². The van der Waals surface area contributed by atoms with Gasteiger partial charge < -0.3 is 29.0 Å². The molecule has 1 amide bonds. The van der Waals surface area contributed by atoms with Crippen molar-refractivity contribution in [3.05, 3.63) is 41.8 Å². The Hall–Kier alpha value is -3.89. The molecule has 3 aromatic rings. The van der Waals surface area contributed by atoms with Crippen molar-refractivity contribution in [1.82, 2.24) is 25.0 Å². The number of aromatic nitrogens is 4.